The van der Waals surface area contributed by atoms with Crippen molar-refractivity contribution in [3.8, 4) is 0 Å². The standard InChI is InChI=1S/C18H21NO/c1-13-9-11-15(12-10-13)18(20)17-8-6-5-7-16(17)14(2)19(3)4/h5-12,14H,1-4H3. The zero-order valence-electron chi connectivity index (χ0n) is 12.6. The van der Waals surface area contributed by atoms with Crippen LogP contribution in [0.5, 0.6) is 0 Å². The molecule has 1 atom stereocenters. The third-order valence-electron chi connectivity index (χ3n) is 3.74. The Labute approximate surface area is 121 Å². The summed E-state index contributed by atoms with van der Waals surface area (Å²) in [7, 11) is 4.05. The van der Waals surface area contributed by atoms with Crippen molar-refractivity contribution in [1.82, 2.24) is 4.90 Å². The fourth-order valence-corrected chi connectivity index (χ4v) is 2.21. The first kappa shape index (κ1) is 14.5. The molecule has 0 spiro atoms. The van der Waals surface area contributed by atoms with E-state index in [1.54, 1.807) is 0 Å². The van der Waals surface area contributed by atoms with Crippen LogP contribution in [-0.4, -0.2) is 24.8 Å². The quantitative estimate of drug-likeness (QED) is 0.784. The second-order valence-electron chi connectivity index (χ2n) is 5.42. The second kappa shape index (κ2) is 6.02. The van der Waals surface area contributed by atoms with Gasteiger partial charge >= 0.3 is 0 Å². The Balaban J connectivity index is 2.42. The van der Waals surface area contributed by atoms with E-state index < -0.39 is 0 Å². The van der Waals surface area contributed by atoms with E-state index in [1.165, 1.54) is 0 Å². The highest BCUT2D eigenvalue weighted by Gasteiger charge is 2.18. The van der Waals surface area contributed by atoms with Crippen LogP contribution in [0.15, 0.2) is 48.5 Å². The Kier molecular flexibility index (Phi) is 4.35. The van der Waals surface area contributed by atoms with Gasteiger partial charge in [-0.25, -0.2) is 0 Å². The van der Waals surface area contributed by atoms with Crippen molar-refractivity contribution in [3.05, 3.63) is 70.8 Å². The fraction of sp³-hybridized carbons (Fsp3) is 0.278. The second-order valence-corrected chi connectivity index (χ2v) is 5.42. The van der Waals surface area contributed by atoms with Crippen LogP contribution in [0.3, 0.4) is 0 Å². The van der Waals surface area contributed by atoms with Gasteiger partial charge in [-0.1, -0.05) is 54.1 Å². The van der Waals surface area contributed by atoms with Crippen LogP contribution in [0, 0.1) is 6.92 Å². The SMILES string of the molecule is Cc1ccc(C(=O)c2ccccc2C(C)N(C)C)cc1. The predicted molar refractivity (Wildman–Crippen MR) is 83.2 cm³/mol. The third kappa shape index (κ3) is 2.97. The van der Waals surface area contributed by atoms with Crippen molar-refractivity contribution in [2.45, 2.75) is 19.9 Å². The first-order valence-corrected chi connectivity index (χ1v) is 6.87. The van der Waals surface area contributed by atoms with E-state index in [-0.39, 0.29) is 11.8 Å². The summed E-state index contributed by atoms with van der Waals surface area (Å²) in [4.78, 5) is 14.8. The highest BCUT2D eigenvalue weighted by Crippen LogP contribution is 2.24. The first-order chi connectivity index (χ1) is 9.50. The highest BCUT2D eigenvalue weighted by atomic mass is 16.1. The lowest BCUT2D eigenvalue weighted by Gasteiger charge is -2.22. The molecule has 0 saturated heterocycles. The van der Waals surface area contributed by atoms with Gasteiger partial charge in [-0.15, -0.1) is 0 Å². The molecule has 0 aliphatic carbocycles. The Morgan fingerprint density at radius 3 is 2.20 bits per heavy atom. The van der Waals surface area contributed by atoms with E-state index in [1.807, 2.05) is 69.6 Å². The van der Waals surface area contributed by atoms with E-state index in [0.29, 0.717) is 0 Å². The molecule has 0 saturated carbocycles. The van der Waals surface area contributed by atoms with E-state index in [0.717, 1.165) is 22.3 Å². The van der Waals surface area contributed by atoms with Crippen LogP contribution in [-0.2, 0) is 0 Å². The summed E-state index contributed by atoms with van der Waals surface area (Å²) in [5, 5.41) is 0. The van der Waals surface area contributed by atoms with Gasteiger partial charge < -0.3 is 4.90 Å². The molecule has 0 amide bonds. The van der Waals surface area contributed by atoms with E-state index in [4.69, 9.17) is 0 Å². The van der Waals surface area contributed by atoms with Crippen molar-refractivity contribution in [2.75, 3.05) is 14.1 Å². The van der Waals surface area contributed by atoms with Gasteiger partial charge in [-0.05, 0) is 33.5 Å². The van der Waals surface area contributed by atoms with Gasteiger partial charge in [0.15, 0.2) is 5.78 Å². The van der Waals surface area contributed by atoms with E-state index in [9.17, 15) is 4.79 Å². The van der Waals surface area contributed by atoms with Gasteiger partial charge in [0.25, 0.3) is 0 Å². The summed E-state index contributed by atoms with van der Waals surface area (Å²) in [5.74, 6) is 0.0919. The van der Waals surface area contributed by atoms with Crippen LogP contribution in [0.1, 0.15) is 40.0 Å². The Morgan fingerprint density at radius 1 is 1.00 bits per heavy atom. The van der Waals surface area contributed by atoms with Gasteiger partial charge in [0.1, 0.15) is 0 Å². The number of rotatable bonds is 4. The van der Waals surface area contributed by atoms with Crippen LogP contribution in [0.25, 0.3) is 0 Å². The summed E-state index contributed by atoms with van der Waals surface area (Å²) >= 11 is 0. The molecule has 2 nitrogen and oxygen atoms in total. The minimum Gasteiger partial charge on any atom is -0.303 e. The number of hydrogen-bond acceptors (Lipinski definition) is 2. The van der Waals surface area contributed by atoms with Gasteiger partial charge in [0.05, 0.1) is 0 Å². The molecule has 0 fully saturated rings. The molecule has 104 valence electrons. The summed E-state index contributed by atoms with van der Waals surface area (Å²) in [5.41, 5.74) is 3.77. The number of nitrogens with zero attached hydrogens (tertiary/aromatic N) is 1. The number of ketones is 1. The Morgan fingerprint density at radius 2 is 1.60 bits per heavy atom. The molecule has 0 N–H and O–H groups in total. The summed E-state index contributed by atoms with van der Waals surface area (Å²) in [6.45, 7) is 4.14. The largest absolute Gasteiger partial charge is 0.303 e. The van der Waals surface area contributed by atoms with Gasteiger partial charge in [-0.2, -0.15) is 0 Å². The monoisotopic (exact) mass is 267 g/mol. The van der Waals surface area contributed by atoms with Crippen molar-refractivity contribution in [2.24, 2.45) is 0 Å². The van der Waals surface area contributed by atoms with Crippen LogP contribution in [0.4, 0.5) is 0 Å². The molecule has 0 radical (unpaired) electrons. The topological polar surface area (TPSA) is 20.3 Å². The molecule has 0 aliphatic rings. The zero-order chi connectivity index (χ0) is 14.7. The molecular formula is C18H21NO. The molecule has 0 heterocycles. The predicted octanol–water partition coefficient (Wildman–Crippen LogP) is 3.85. The molecule has 1 unspecified atom stereocenters. The normalized spacial score (nSPS) is 12.4. The lowest BCUT2D eigenvalue weighted by atomic mass is 9.94. The van der Waals surface area contributed by atoms with E-state index >= 15 is 0 Å². The minimum atomic E-state index is 0.0919. The minimum absolute atomic E-state index is 0.0919. The van der Waals surface area contributed by atoms with Crippen molar-refractivity contribution in [1.29, 1.82) is 0 Å². The molecule has 2 aromatic rings. The molecule has 2 aromatic carbocycles. The van der Waals surface area contributed by atoms with Crippen molar-refractivity contribution < 1.29 is 4.79 Å². The smallest absolute Gasteiger partial charge is 0.193 e. The lowest BCUT2D eigenvalue weighted by molar-refractivity contribution is 0.103. The average molecular weight is 267 g/mol. The zero-order valence-corrected chi connectivity index (χ0v) is 12.6. The van der Waals surface area contributed by atoms with Crippen LogP contribution in [0.2, 0.25) is 0 Å². The molecule has 2 heteroatoms. The van der Waals surface area contributed by atoms with Crippen molar-refractivity contribution >= 4 is 5.78 Å². The summed E-state index contributed by atoms with van der Waals surface area (Å²) in [6, 6.07) is 15.8. The number of hydrogen-bond donors (Lipinski definition) is 0. The van der Waals surface area contributed by atoms with E-state index in [2.05, 4.69) is 11.8 Å². The molecule has 0 aliphatic heterocycles. The van der Waals surface area contributed by atoms with Gasteiger partial charge in [-0.3, -0.25) is 4.79 Å². The number of carbonyl (C=O) groups is 1. The Hall–Kier alpha value is -1.93. The number of aryl methyl sites for hydroxylation is 1. The maximum atomic E-state index is 12.7. The number of benzene rings is 2. The fourth-order valence-electron chi connectivity index (χ4n) is 2.21. The van der Waals surface area contributed by atoms with Crippen LogP contribution >= 0.6 is 0 Å². The molecule has 20 heavy (non-hydrogen) atoms. The highest BCUT2D eigenvalue weighted by molar-refractivity contribution is 6.10. The third-order valence-corrected chi connectivity index (χ3v) is 3.74. The van der Waals surface area contributed by atoms with Gasteiger partial charge in [0.2, 0.25) is 0 Å². The Bertz CT molecular complexity index is 599. The summed E-state index contributed by atoms with van der Waals surface area (Å²) < 4.78 is 0. The summed E-state index contributed by atoms with van der Waals surface area (Å²) in [6.07, 6.45) is 0. The maximum Gasteiger partial charge on any atom is 0.193 e. The molecule has 0 aromatic heterocycles. The first-order valence-electron chi connectivity index (χ1n) is 6.87. The molecular weight excluding hydrogens is 246 g/mol. The maximum absolute atomic E-state index is 12.7. The average Bonchev–Trinajstić information content (AvgIpc) is 2.46. The van der Waals surface area contributed by atoms with Crippen LogP contribution < -0.4 is 0 Å². The number of carbonyl (C=O) groups excluding carboxylic acids is 1. The lowest BCUT2D eigenvalue weighted by Crippen LogP contribution is -2.19. The van der Waals surface area contributed by atoms with Gasteiger partial charge in [0, 0.05) is 17.2 Å². The molecule has 2 rings (SSSR count). The van der Waals surface area contributed by atoms with Crippen molar-refractivity contribution in [3.63, 3.8) is 0 Å². The molecule has 0 bridgehead atoms.